The quantitative estimate of drug-likeness (QED) is 0.658. The molecule has 2 aliphatic rings. The van der Waals surface area contributed by atoms with Gasteiger partial charge in [-0.2, -0.15) is 0 Å². The molecular weight excluding hydrogens is 457 g/mol. The van der Waals surface area contributed by atoms with Gasteiger partial charge in [0.05, 0.1) is 15.6 Å². The van der Waals surface area contributed by atoms with Crippen molar-refractivity contribution in [2.45, 2.75) is 38.8 Å². The van der Waals surface area contributed by atoms with Gasteiger partial charge in [0.1, 0.15) is 11.8 Å². The lowest BCUT2D eigenvalue weighted by Crippen LogP contribution is -2.52. The van der Waals surface area contributed by atoms with Crippen LogP contribution in [0, 0.1) is 6.92 Å². The number of piperidine rings is 1. The van der Waals surface area contributed by atoms with Crippen molar-refractivity contribution in [1.29, 1.82) is 0 Å². The normalized spacial score (nSPS) is 17.9. The van der Waals surface area contributed by atoms with E-state index in [4.69, 9.17) is 33.7 Å². The van der Waals surface area contributed by atoms with Crippen molar-refractivity contribution in [3.05, 3.63) is 62.1 Å². The standard InChI is InChI=1S/C22H19Cl2N3O5/c1-10-2-6-15(32-22(25)31)13(18(10)23)8-11-3-4-12-9-27(21(30)17(12)19(11)24)14-5-7-16(28)26-20(14)29/h2-4,6,14H,5,7-9H2,1H3,(H2,25,31)(H,26,28,29). The Morgan fingerprint density at radius 2 is 1.94 bits per heavy atom. The van der Waals surface area contributed by atoms with Crippen molar-refractivity contribution >= 4 is 47.0 Å². The van der Waals surface area contributed by atoms with Gasteiger partial charge in [-0.3, -0.25) is 19.7 Å². The smallest absolute Gasteiger partial charge is 0.409 e. The van der Waals surface area contributed by atoms with Gasteiger partial charge in [-0.15, -0.1) is 0 Å². The van der Waals surface area contributed by atoms with Crippen molar-refractivity contribution in [3.8, 4) is 5.75 Å². The minimum Gasteiger partial charge on any atom is -0.410 e. The van der Waals surface area contributed by atoms with Crippen LogP contribution in [-0.4, -0.2) is 34.8 Å². The van der Waals surface area contributed by atoms with Crippen LogP contribution >= 0.6 is 23.2 Å². The van der Waals surface area contributed by atoms with E-state index in [1.165, 1.54) is 4.90 Å². The third-order valence-corrected chi connectivity index (χ3v) is 6.64. The molecule has 2 aromatic rings. The summed E-state index contributed by atoms with van der Waals surface area (Å²) in [6, 6.07) is 6.12. The highest BCUT2D eigenvalue weighted by Gasteiger charge is 2.40. The second-order valence-electron chi connectivity index (χ2n) is 7.74. The Morgan fingerprint density at radius 3 is 2.62 bits per heavy atom. The molecule has 166 valence electrons. The highest BCUT2D eigenvalue weighted by molar-refractivity contribution is 6.35. The predicted octanol–water partition coefficient (Wildman–Crippen LogP) is 3.11. The van der Waals surface area contributed by atoms with E-state index in [2.05, 4.69) is 5.32 Å². The molecule has 0 bridgehead atoms. The van der Waals surface area contributed by atoms with Crippen molar-refractivity contribution in [2.75, 3.05) is 0 Å². The largest absolute Gasteiger partial charge is 0.410 e. The fraction of sp³-hybridized carbons (Fsp3) is 0.273. The molecule has 1 unspecified atom stereocenters. The van der Waals surface area contributed by atoms with Gasteiger partial charge in [0.15, 0.2) is 0 Å². The van der Waals surface area contributed by atoms with E-state index in [0.717, 1.165) is 5.56 Å². The molecular formula is C22H19Cl2N3O5. The topological polar surface area (TPSA) is 119 Å². The first kappa shape index (κ1) is 22.1. The van der Waals surface area contributed by atoms with Crippen molar-refractivity contribution < 1.29 is 23.9 Å². The molecule has 1 saturated heterocycles. The average molecular weight is 476 g/mol. The maximum Gasteiger partial charge on any atom is 0.409 e. The van der Waals surface area contributed by atoms with E-state index in [0.29, 0.717) is 27.3 Å². The lowest BCUT2D eigenvalue weighted by atomic mass is 9.98. The number of benzene rings is 2. The predicted molar refractivity (Wildman–Crippen MR) is 117 cm³/mol. The Bertz CT molecular complexity index is 1180. The molecule has 0 aromatic heterocycles. The maximum absolute atomic E-state index is 13.1. The minimum atomic E-state index is -0.971. The summed E-state index contributed by atoms with van der Waals surface area (Å²) in [7, 11) is 0. The number of nitrogens with zero attached hydrogens (tertiary/aromatic N) is 1. The Morgan fingerprint density at radius 1 is 1.19 bits per heavy atom. The first-order chi connectivity index (χ1) is 15.2. The number of carbonyl (C=O) groups excluding carboxylic acids is 4. The van der Waals surface area contributed by atoms with E-state index in [-0.39, 0.29) is 48.4 Å². The number of carbonyl (C=O) groups is 4. The first-order valence-electron chi connectivity index (χ1n) is 9.87. The van der Waals surface area contributed by atoms with Crippen LogP contribution in [0.2, 0.25) is 10.0 Å². The summed E-state index contributed by atoms with van der Waals surface area (Å²) >= 11 is 13.1. The van der Waals surface area contributed by atoms with Gasteiger partial charge in [-0.1, -0.05) is 41.4 Å². The second kappa shape index (κ2) is 8.44. The van der Waals surface area contributed by atoms with Crippen molar-refractivity contribution in [2.24, 2.45) is 5.73 Å². The molecule has 8 nitrogen and oxygen atoms in total. The molecule has 32 heavy (non-hydrogen) atoms. The van der Waals surface area contributed by atoms with Crippen LogP contribution in [0.25, 0.3) is 0 Å². The maximum atomic E-state index is 13.1. The van der Waals surface area contributed by atoms with Crippen molar-refractivity contribution in [3.63, 3.8) is 0 Å². The van der Waals surface area contributed by atoms with Crippen LogP contribution in [0.4, 0.5) is 4.79 Å². The molecule has 2 aliphatic heterocycles. The van der Waals surface area contributed by atoms with Crippen LogP contribution in [0.3, 0.4) is 0 Å². The summed E-state index contributed by atoms with van der Waals surface area (Å²) < 4.78 is 5.09. The zero-order valence-corrected chi connectivity index (χ0v) is 18.5. The number of halogens is 2. The van der Waals surface area contributed by atoms with E-state index >= 15 is 0 Å². The number of amides is 4. The molecule has 1 atom stereocenters. The number of primary amides is 1. The number of fused-ring (bicyclic) bond motifs is 1. The number of rotatable bonds is 4. The number of nitrogens with two attached hydrogens (primary N) is 1. The highest BCUT2D eigenvalue weighted by Crippen LogP contribution is 2.38. The SMILES string of the molecule is Cc1ccc(OC(N)=O)c(Cc2ccc3c(c2Cl)C(=O)N(C2CCC(=O)NC2=O)C3)c1Cl. The summed E-state index contributed by atoms with van der Waals surface area (Å²) in [6.45, 7) is 2.03. The van der Waals surface area contributed by atoms with E-state index in [1.54, 1.807) is 24.3 Å². The molecule has 0 saturated carbocycles. The molecule has 3 N–H and O–H groups in total. The van der Waals surface area contributed by atoms with E-state index in [1.807, 2.05) is 6.92 Å². The van der Waals surface area contributed by atoms with Gasteiger partial charge < -0.3 is 15.4 Å². The molecule has 10 heteroatoms. The summed E-state index contributed by atoms with van der Waals surface area (Å²) in [5, 5.41) is 2.91. The molecule has 1 fully saturated rings. The molecule has 4 amide bonds. The molecule has 0 radical (unpaired) electrons. The Balaban J connectivity index is 1.67. The molecule has 0 aliphatic carbocycles. The average Bonchev–Trinajstić information content (AvgIpc) is 3.06. The van der Waals surface area contributed by atoms with Crippen LogP contribution in [-0.2, 0) is 22.6 Å². The first-order valence-corrected chi connectivity index (χ1v) is 10.6. The number of nitrogens with one attached hydrogen (secondary N) is 1. The summed E-state index contributed by atoms with van der Waals surface area (Å²) in [5.74, 6) is -0.996. The van der Waals surface area contributed by atoms with Crippen LogP contribution in [0.5, 0.6) is 5.75 Å². The summed E-state index contributed by atoms with van der Waals surface area (Å²) in [4.78, 5) is 49.6. The van der Waals surface area contributed by atoms with Gasteiger partial charge in [0.2, 0.25) is 11.8 Å². The number of aryl methyl sites for hydroxylation is 1. The molecule has 0 spiro atoms. The third-order valence-electron chi connectivity index (χ3n) is 5.68. The Hall–Kier alpha value is -3.10. The molecule has 2 aromatic carbocycles. The number of hydrogen-bond acceptors (Lipinski definition) is 5. The van der Waals surface area contributed by atoms with Crippen molar-refractivity contribution in [1.82, 2.24) is 10.2 Å². The van der Waals surface area contributed by atoms with Crippen LogP contribution in [0.1, 0.15) is 45.5 Å². The van der Waals surface area contributed by atoms with E-state index < -0.39 is 18.0 Å². The number of hydrogen-bond donors (Lipinski definition) is 2. The lowest BCUT2D eigenvalue weighted by Gasteiger charge is -2.29. The Labute approximate surface area is 193 Å². The Kier molecular flexibility index (Phi) is 5.83. The van der Waals surface area contributed by atoms with Gasteiger partial charge >= 0.3 is 6.09 Å². The number of imide groups is 1. The van der Waals surface area contributed by atoms with Gasteiger partial charge in [-0.05, 0) is 36.1 Å². The summed E-state index contributed by atoms with van der Waals surface area (Å²) in [5.41, 5.74) is 8.07. The summed E-state index contributed by atoms with van der Waals surface area (Å²) in [6.07, 6.45) is -0.340. The highest BCUT2D eigenvalue weighted by atomic mass is 35.5. The van der Waals surface area contributed by atoms with Gasteiger partial charge in [0.25, 0.3) is 5.91 Å². The van der Waals surface area contributed by atoms with Crippen LogP contribution in [0.15, 0.2) is 24.3 Å². The monoisotopic (exact) mass is 475 g/mol. The fourth-order valence-corrected chi connectivity index (χ4v) is 4.62. The molecule has 4 rings (SSSR count). The van der Waals surface area contributed by atoms with E-state index in [9.17, 15) is 19.2 Å². The lowest BCUT2D eigenvalue weighted by molar-refractivity contribution is -0.136. The third kappa shape index (κ3) is 3.91. The zero-order chi connectivity index (χ0) is 23.2. The van der Waals surface area contributed by atoms with Gasteiger partial charge in [0, 0.05) is 24.9 Å². The second-order valence-corrected chi connectivity index (χ2v) is 8.50. The minimum absolute atomic E-state index is 0.171. The van der Waals surface area contributed by atoms with Crippen LogP contribution < -0.4 is 15.8 Å². The number of ether oxygens (including phenoxy) is 1. The fourth-order valence-electron chi connectivity index (χ4n) is 4.07. The molecule has 2 heterocycles. The zero-order valence-electron chi connectivity index (χ0n) is 17.0. The van der Waals surface area contributed by atoms with Gasteiger partial charge in [-0.25, -0.2) is 4.79 Å².